The van der Waals surface area contributed by atoms with E-state index in [0.29, 0.717) is 0 Å². The molecule has 0 aliphatic rings. The normalized spacial score (nSPS) is 10.3. The summed E-state index contributed by atoms with van der Waals surface area (Å²) in [5.41, 5.74) is 4.94. The van der Waals surface area contributed by atoms with Gasteiger partial charge in [-0.3, -0.25) is 0 Å². The molecule has 0 bridgehead atoms. The zero-order chi connectivity index (χ0) is 16.8. The Bertz CT molecular complexity index is 661. The number of amides is 2. The van der Waals surface area contributed by atoms with Gasteiger partial charge in [-0.2, -0.15) is 0 Å². The number of anilines is 3. The third kappa shape index (κ3) is 4.49. The van der Waals surface area contributed by atoms with Crippen molar-refractivity contribution in [2.24, 2.45) is 0 Å². The summed E-state index contributed by atoms with van der Waals surface area (Å²) in [6, 6.07) is 13.7. The van der Waals surface area contributed by atoms with Gasteiger partial charge in [-0.05, 0) is 69.2 Å². The van der Waals surface area contributed by atoms with Crippen molar-refractivity contribution in [3.8, 4) is 0 Å². The van der Waals surface area contributed by atoms with E-state index in [9.17, 15) is 4.79 Å². The molecule has 122 valence electrons. The first kappa shape index (κ1) is 16.9. The number of hydrogen-bond acceptors (Lipinski definition) is 2. The highest BCUT2D eigenvalue weighted by molar-refractivity contribution is 6.00. The molecule has 23 heavy (non-hydrogen) atoms. The van der Waals surface area contributed by atoms with Crippen LogP contribution in [-0.2, 0) is 0 Å². The van der Waals surface area contributed by atoms with Crippen LogP contribution in [0.2, 0.25) is 0 Å². The molecule has 0 spiro atoms. The van der Waals surface area contributed by atoms with E-state index >= 15 is 0 Å². The van der Waals surface area contributed by atoms with Gasteiger partial charge in [0.1, 0.15) is 0 Å². The summed E-state index contributed by atoms with van der Waals surface area (Å²) < 4.78 is 0. The first-order chi connectivity index (χ1) is 11.0. The molecule has 2 aromatic carbocycles. The molecule has 2 rings (SSSR count). The van der Waals surface area contributed by atoms with Crippen molar-refractivity contribution in [1.82, 2.24) is 0 Å². The fraction of sp³-hybridized carbons (Fsp3) is 0.316. The number of urea groups is 1. The molecular formula is C19H25N3O. The molecule has 0 atom stereocenters. The monoisotopic (exact) mass is 311 g/mol. The lowest BCUT2D eigenvalue weighted by atomic mass is 10.1. The van der Waals surface area contributed by atoms with Gasteiger partial charge in [0.05, 0.1) is 0 Å². The molecule has 0 aliphatic heterocycles. The SMILES string of the molecule is CCN(CC)c1ccc(NC(=O)Nc2cc(C)ccc2C)cc1. The number of carbonyl (C=O) groups is 1. The van der Waals surface area contributed by atoms with E-state index in [0.717, 1.165) is 41.3 Å². The van der Waals surface area contributed by atoms with Gasteiger partial charge in [-0.25, -0.2) is 4.79 Å². The summed E-state index contributed by atoms with van der Waals surface area (Å²) in [6.45, 7) is 10.2. The van der Waals surface area contributed by atoms with E-state index < -0.39 is 0 Å². The highest BCUT2D eigenvalue weighted by atomic mass is 16.2. The number of aryl methyl sites for hydroxylation is 2. The van der Waals surface area contributed by atoms with Crippen molar-refractivity contribution in [2.45, 2.75) is 27.7 Å². The molecule has 0 fully saturated rings. The Morgan fingerprint density at radius 1 is 0.957 bits per heavy atom. The molecule has 0 aromatic heterocycles. The summed E-state index contributed by atoms with van der Waals surface area (Å²) in [6.07, 6.45) is 0. The lowest BCUT2D eigenvalue weighted by Gasteiger charge is -2.21. The average molecular weight is 311 g/mol. The van der Waals surface area contributed by atoms with Crippen molar-refractivity contribution in [1.29, 1.82) is 0 Å². The minimum absolute atomic E-state index is 0.228. The molecule has 0 aliphatic carbocycles. The lowest BCUT2D eigenvalue weighted by molar-refractivity contribution is 0.262. The molecule has 0 saturated heterocycles. The first-order valence-electron chi connectivity index (χ1n) is 8.03. The fourth-order valence-corrected chi connectivity index (χ4v) is 2.50. The maximum absolute atomic E-state index is 12.1. The third-order valence-electron chi connectivity index (χ3n) is 3.90. The van der Waals surface area contributed by atoms with Crippen LogP contribution in [0.25, 0.3) is 0 Å². The molecule has 0 heterocycles. The van der Waals surface area contributed by atoms with Gasteiger partial charge in [0, 0.05) is 30.2 Å². The van der Waals surface area contributed by atoms with Crippen molar-refractivity contribution in [3.63, 3.8) is 0 Å². The number of nitrogens with one attached hydrogen (secondary N) is 2. The number of nitrogens with zero attached hydrogens (tertiary/aromatic N) is 1. The van der Waals surface area contributed by atoms with Crippen LogP contribution in [0.4, 0.5) is 21.9 Å². The zero-order valence-corrected chi connectivity index (χ0v) is 14.3. The summed E-state index contributed by atoms with van der Waals surface area (Å²) in [5.74, 6) is 0. The van der Waals surface area contributed by atoms with Crippen LogP contribution in [0.1, 0.15) is 25.0 Å². The van der Waals surface area contributed by atoms with Crippen LogP contribution in [0.3, 0.4) is 0 Å². The van der Waals surface area contributed by atoms with E-state index in [1.54, 1.807) is 0 Å². The molecule has 4 nitrogen and oxygen atoms in total. The number of hydrogen-bond donors (Lipinski definition) is 2. The quantitative estimate of drug-likeness (QED) is 0.833. The summed E-state index contributed by atoms with van der Waals surface area (Å²) in [5, 5.41) is 5.77. The zero-order valence-electron chi connectivity index (χ0n) is 14.3. The van der Waals surface area contributed by atoms with Gasteiger partial charge in [0.25, 0.3) is 0 Å². The second-order valence-corrected chi connectivity index (χ2v) is 5.62. The Kier molecular flexibility index (Phi) is 5.63. The Morgan fingerprint density at radius 3 is 2.22 bits per heavy atom. The highest BCUT2D eigenvalue weighted by Crippen LogP contribution is 2.19. The number of carbonyl (C=O) groups excluding carboxylic acids is 1. The van der Waals surface area contributed by atoms with Crippen LogP contribution in [0.15, 0.2) is 42.5 Å². The van der Waals surface area contributed by atoms with E-state index in [4.69, 9.17) is 0 Å². The number of rotatable bonds is 5. The van der Waals surface area contributed by atoms with Gasteiger partial charge in [0.2, 0.25) is 0 Å². The largest absolute Gasteiger partial charge is 0.372 e. The second-order valence-electron chi connectivity index (χ2n) is 5.62. The third-order valence-corrected chi connectivity index (χ3v) is 3.90. The van der Waals surface area contributed by atoms with E-state index in [2.05, 4.69) is 29.4 Å². The molecule has 2 aromatic rings. The Balaban J connectivity index is 2.01. The summed E-state index contributed by atoms with van der Waals surface area (Å²) in [7, 11) is 0. The molecule has 0 saturated carbocycles. The molecule has 2 amide bonds. The van der Waals surface area contributed by atoms with E-state index in [1.807, 2.05) is 56.3 Å². The second kappa shape index (κ2) is 7.68. The molecule has 0 unspecified atom stereocenters. The lowest BCUT2D eigenvalue weighted by Crippen LogP contribution is -2.22. The van der Waals surface area contributed by atoms with Gasteiger partial charge < -0.3 is 15.5 Å². The van der Waals surface area contributed by atoms with Crippen molar-refractivity contribution in [3.05, 3.63) is 53.6 Å². The van der Waals surface area contributed by atoms with Crippen LogP contribution in [-0.4, -0.2) is 19.1 Å². The van der Waals surface area contributed by atoms with Crippen molar-refractivity contribution in [2.75, 3.05) is 28.6 Å². The summed E-state index contributed by atoms with van der Waals surface area (Å²) in [4.78, 5) is 14.4. The first-order valence-corrected chi connectivity index (χ1v) is 8.03. The number of benzene rings is 2. The Hall–Kier alpha value is -2.49. The average Bonchev–Trinajstić information content (AvgIpc) is 2.53. The summed E-state index contributed by atoms with van der Waals surface area (Å²) >= 11 is 0. The maximum atomic E-state index is 12.1. The molecule has 2 N–H and O–H groups in total. The van der Waals surface area contributed by atoms with Crippen molar-refractivity contribution < 1.29 is 4.79 Å². The van der Waals surface area contributed by atoms with Crippen LogP contribution in [0.5, 0.6) is 0 Å². The van der Waals surface area contributed by atoms with Crippen LogP contribution >= 0.6 is 0 Å². The van der Waals surface area contributed by atoms with Gasteiger partial charge >= 0.3 is 6.03 Å². The van der Waals surface area contributed by atoms with Crippen LogP contribution < -0.4 is 15.5 Å². The van der Waals surface area contributed by atoms with E-state index in [1.165, 1.54) is 0 Å². The smallest absolute Gasteiger partial charge is 0.323 e. The molecular weight excluding hydrogens is 286 g/mol. The topological polar surface area (TPSA) is 44.4 Å². The maximum Gasteiger partial charge on any atom is 0.323 e. The molecule has 0 radical (unpaired) electrons. The van der Waals surface area contributed by atoms with Gasteiger partial charge in [-0.1, -0.05) is 12.1 Å². The Labute approximate surface area is 138 Å². The minimum atomic E-state index is -0.228. The highest BCUT2D eigenvalue weighted by Gasteiger charge is 2.06. The predicted octanol–water partition coefficient (Wildman–Crippen LogP) is 4.79. The minimum Gasteiger partial charge on any atom is -0.372 e. The van der Waals surface area contributed by atoms with Crippen molar-refractivity contribution >= 4 is 23.1 Å². The Morgan fingerprint density at radius 2 is 1.61 bits per heavy atom. The standard InChI is InChI=1S/C19H25N3O/c1-5-22(6-2)17-11-9-16(10-12-17)20-19(23)21-18-13-14(3)7-8-15(18)4/h7-13H,5-6H2,1-4H3,(H2,20,21,23). The van der Waals surface area contributed by atoms with Gasteiger partial charge in [0.15, 0.2) is 0 Å². The molecule has 4 heteroatoms. The fourth-order valence-electron chi connectivity index (χ4n) is 2.50. The van der Waals surface area contributed by atoms with E-state index in [-0.39, 0.29) is 6.03 Å². The van der Waals surface area contributed by atoms with Crippen LogP contribution in [0, 0.1) is 13.8 Å². The van der Waals surface area contributed by atoms with Gasteiger partial charge in [-0.15, -0.1) is 0 Å². The predicted molar refractivity (Wildman–Crippen MR) is 98.6 cm³/mol.